The van der Waals surface area contributed by atoms with Crippen molar-refractivity contribution in [3.63, 3.8) is 0 Å². The minimum Gasteiger partial charge on any atom is -0.309 e. The molecule has 0 amide bonds. The average molecular weight is 425 g/mol. The molecule has 32 heavy (non-hydrogen) atoms. The number of rotatable bonds is 5. The Balaban J connectivity index is 1.35. The van der Waals surface area contributed by atoms with E-state index < -0.39 is 0 Å². The van der Waals surface area contributed by atoms with Crippen LogP contribution in [-0.2, 0) is 0 Å². The lowest BCUT2D eigenvalue weighted by molar-refractivity contribution is 0.0813. The second kappa shape index (κ2) is 9.07. The molecular formula is C27H28N4O. The van der Waals surface area contributed by atoms with Crippen molar-refractivity contribution in [3.05, 3.63) is 112 Å². The van der Waals surface area contributed by atoms with Crippen LogP contribution in [0.5, 0.6) is 0 Å². The highest BCUT2D eigenvalue weighted by atomic mass is 16.1. The first-order chi connectivity index (χ1) is 15.7. The number of piperazine rings is 1. The number of nitrogens with one attached hydrogen (secondary N) is 1. The third-order valence-electron chi connectivity index (χ3n) is 6.52. The van der Waals surface area contributed by atoms with Crippen LogP contribution in [0, 0.1) is 0 Å². The third-order valence-corrected chi connectivity index (χ3v) is 6.52. The molecule has 4 aromatic rings. The lowest BCUT2D eigenvalue weighted by atomic mass is 9.96. The molecule has 0 saturated carbocycles. The zero-order valence-electron chi connectivity index (χ0n) is 18.3. The smallest absolute Gasteiger partial charge is 0.258 e. The SMILES string of the molecule is C[C@H](c1nc2ccccc2c(=O)[nH]1)N1CCN(C(c2ccccc2)c2ccccc2)CC1. The number of nitrogens with zero attached hydrogens (tertiary/aromatic N) is 3. The summed E-state index contributed by atoms with van der Waals surface area (Å²) in [6, 6.07) is 29.3. The topological polar surface area (TPSA) is 52.2 Å². The van der Waals surface area contributed by atoms with E-state index in [4.69, 9.17) is 4.98 Å². The summed E-state index contributed by atoms with van der Waals surface area (Å²) in [6.45, 7) is 5.89. The number of H-pyrrole nitrogens is 1. The van der Waals surface area contributed by atoms with Crippen molar-refractivity contribution in [3.8, 4) is 0 Å². The molecule has 162 valence electrons. The van der Waals surface area contributed by atoms with Gasteiger partial charge < -0.3 is 4.98 Å². The largest absolute Gasteiger partial charge is 0.309 e. The summed E-state index contributed by atoms with van der Waals surface area (Å²) < 4.78 is 0. The molecule has 1 saturated heterocycles. The van der Waals surface area contributed by atoms with Crippen molar-refractivity contribution in [1.82, 2.24) is 19.8 Å². The number of aromatic nitrogens is 2. The highest BCUT2D eigenvalue weighted by molar-refractivity contribution is 5.77. The Morgan fingerprint density at radius 2 is 1.28 bits per heavy atom. The molecule has 1 aromatic heterocycles. The lowest BCUT2D eigenvalue weighted by Crippen LogP contribution is -2.48. The molecular weight excluding hydrogens is 396 g/mol. The fourth-order valence-electron chi connectivity index (χ4n) is 4.74. The number of aromatic amines is 1. The molecule has 1 fully saturated rings. The maximum Gasteiger partial charge on any atom is 0.258 e. The number of para-hydroxylation sites is 1. The second-order valence-corrected chi connectivity index (χ2v) is 8.44. The van der Waals surface area contributed by atoms with Gasteiger partial charge in [0.2, 0.25) is 0 Å². The van der Waals surface area contributed by atoms with Crippen molar-refractivity contribution >= 4 is 10.9 Å². The van der Waals surface area contributed by atoms with Crippen LogP contribution in [0.2, 0.25) is 0 Å². The third kappa shape index (κ3) is 4.09. The summed E-state index contributed by atoms with van der Waals surface area (Å²) >= 11 is 0. The van der Waals surface area contributed by atoms with E-state index in [1.165, 1.54) is 11.1 Å². The molecule has 1 aliphatic heterocycles. The Labute approximate surface area is 188 Å². The molecule has 0 bridgehead atoms. The van der Waals surface area contributed by atoms with Crippen LogP contribution in [0.15, 0.2) is 89.7 Å². The first-order valence-corrected chi connectivity index (χ1v) is 11.3. The quantitative estimate of drug-likeness (QED) is 0.516. The average Bonchev–Trinajstić information content (AvgIpc) is 2.85. The minimum absolute atomic E-state index is 0.0568. The molecule has 1 N–H and O–H groups in total. The van der Waals surface area contributed by atoms with Gasteiger partial charge in [0.25, 0.3) is 5.56 Å². The van der Waals surface area contributed by atoms with E-state index in [0.717, 1.165) is 37.5 Å². The fourth-order valence-corrected chi connectivity index (χ4v) is 4.74. The maximum atomic E-state index is 12.5. The second-order valence-electron chi connectivity index (χ2n) is 8.44. The van der Waals surface area contributed by atoms with Crippen molar-refractivity contribution in [2.24, 2.45) is 0 Å². The van der Waals surface area contributed by atoms with Gasteiger partial charge in [0.15, 0.2) is 0 Å². The van der Waals surface area contributed by atoms with E-state index in [-0.39, 0.29) is 17.6 Å². The molecule has 0 aliphatic carbocycles. The Morgan fingerprint density at radius 3 is 1.91 bits per heavy atom. The van der Waals surface area contributed by atoms with Gasteiger partial charge in [-0.05, 0) is 30.2 Å². The Morgan fingerprint density at radius 1 is 0.750 bits per heavy atom. The molecule has 1 atom stereocenters. The minimum atomic E-state index is -0.0655. The molecule has 2 heterocycles. The summed E-state index contributed by atoms with van der Waals surface area (Å²) in [6.07, 6.45) is 0. The molecule has 3 aromatic carbocycles. The lowest BCUT2D eigenvalue weighted by Gasteiger charge is -2.41. The monoisotopic (exact) mass is 424 g/mol. The van der Waals surface area contributed by atoms with Gasteiger partial charge in [0.1, 0.15) is 5.82 Å². The summed E-state index contributed by atoms with van der Waals surface area (Å²) in [5, 5.41) is 0.641. The van der Waals surface area contributed by atoms with Gasteiger partial charge in [-0.25, -0.2) is 4.98 Å². The molecule has 0 unspecified atom stereocenters. The zero-order valence-corrected chi connectivity index (χ0v) is 18.3. The molecule has 5 heteroatoms. The van der Waals surface area contributed by atoms with Crippen LogP contribution in [0.25, 0.3) is 10.9 Å². The Bertz CT molecular complexity index is 1190. The number of benzene rings is 3. The van der Waals surface area contributed by atoms with Crippen molar-refractivity contribution < 1.29 is 0 Å². The van der Waals surface area contributed by atoms with Gasteiger partial charge in [0, 0.05) is 26.2 Å². The number of fused-ring (bicyclic) bond motifs is 1. The molecule has 1 aliphatic rings. The molecule has 5 nitrogen and oxygen atoms in total. The summed E-state index contributed by atoms with van der Waals surface area (Å²) in [5.74, 6) is 0.741. The van der Waals surface area contributed by atoms with Gasteiger partial charge >= 0.3 is 0 Å². The van der Waals surface area contributed by atoms with Gasteiger partial charge in [0.05, 0.1) is 23.0 Å². The van der Waals surface area contributed by atoms with E-state index in [1.54, 1.807) is 0 Å². The van der Waals surface area contributed by atoms with E-state index >= 15 is 0 Å². The van der Waals surface area contributed by atoms with Crippen LogP contribution in [0.1, 0.15) is 36.0 Å². The Kier molecular flexibility index (Phi) is 5.84. The van der Waals surface area contributed by atoms with E-state index in [2.05, 4.69) is 82.4 Å². The predicted molar refractivity (Wildman–Crippen MR) is 129 cm³/mol. The van der Waals surface area contributed by atoms with Crippen molar-refractivity contribution in [1.29, 1.82) is 0 Å². The fraction of sp³-hybridized carbons (Fsp3) is 0.259. The van der Waals surface area contributed by atoms with Gasteiger partial charge in [-0.3, -0.25) is 14.6 Å². The van der Waals surface area contributed by atoms with Crippen LogP contribution in [0.4, 0.5) is 0 Å². The Hall–Kier alpha value is -3.28. The van der Waals surface area contributed by atoms with Gasteiger partial charge in [-0.1, -0.05) is 72.8 Å². The maximum absolute atomic E-state index is 12.5. The summed E-state index contributed by atoms with van der Waals surface area (Å²) in [4.78, 5) is 25.3. The van der Waals surface area contributed by atoms with E-state index in [9.17, 15) is 4.79 Å². The van der Waals surface area contributed by atoms with E-state index in [1.807, 2.05) is 24.3 Å². The summed E-state index contributed by atoms with van der Waals surface area (Å²) in [5.41, 5.74) is 3.33. The number of hydrogen-bond donors (Lipinski definition) is 1. The van der Waals surface area contributed by atoms with Crippen LogP contribution < -0.4 is 5.56 Å². The van der Waals surface area contributed by atoms with Crippen molar-refractivity contribution in [2.45, 2.75) is 19.0 Å². The van der Waals surface area contributed by atoms with E-state index in [0.29, 0.717) is 5.39 Å². The first-order valence-electron chi connectivity index (χ1n) is 11.3. The molecule has 0 spiro atoms. The van der Waals surface area contributed by atoms with Crippen LogP contribution in [-0.4, -0.2) is 45.9 Å². The normalized spacial score (nSPS) is 16.4. The predicted octanol–water partition coefficient (Wildman–Crippen LogP) is 4.39. The first kappa shape index (κ1) is 20.6. The van der Waals surface area contributed by atoms with Crippen LogP contribution in [0.3, 0.4) is 0 Å². The molecule has 5 rings (SSSR count). The van der Waals surface area contributed by atoms with Crippen molar-refractivity contribution in [2.75, 3.05) is 26.2 Å². The summed E-state index contributed by atoms with van der Waals surface area (Å²) in [7, 11) is 0. The highest BCUT2D eigenvalue weighted by Gasteiger charge is 2.29. The zero-order chi connectivity index (χ0) is 21.9. The van der Waals surface area contributed by atoms with Gasteiger partial charge in [-0.15, -0.1) is 0 Å². The molecule has 0 radical (unpaired) electrons. The number of hydrogen-bond acceptors (Lipinski definition) is 4. The highest BCUT2D eigenvalue weighted by Crippen LogP contribution is 2.30. The van der Waals surface area contributed by atoms with Gasteiger partial charge in [-0.2, -0.15) is 0 Å². The standard InChI is InChI=1S/C27H28N4O/c1-20(26-28-24-15-9-8-14-23(24)27(32)29-26)30-16-18-31(19-17-30)25(21-10-4-2-5-11-21)22-12-6-3-7-13-22/h2-15,20,25H,16-19H2,1H3,(H,28,29,32)/t20-/m1/s1. The van der Waals surface area contributed by atoms with Crippen LogP contribution >= 0.6 is 0 Å².